The first kappa shape index (κ1) is 33.8. The number of amides is 2. The number of carbonyl (C=O) groups is 2. The molecule has 45 heavy (non-hydrogen) atoms. The molecule has 0 fully saturated rings. The molecule has 4 aromatic carbocycles. The van der Waals surface area contributed by atoms with Crippen LogP contribution in [0.15, 0.2) is 108 Å². The van der Waals surface area contributed by atoms with Crippen molar-refractivity contribution in [3.63, 3.8) is 0 Å². The summed E-state index contributed by atoms with van der Waals surface area (Å²) in [6, 6.07) is 27.7. The zero-order valence-corrected chi connectivity index (χ0v) is 27.4. The fourth-order valence-corrected chi connectivity index (χ4v) is 6.77. The summed E-state index contributed by atoms with van der Waals surface area (Å²) in [6.45, 7) is 3.51. The van der Waals surface area contributed by atoms with Crippen LogP contribution in [-0.2, 0) is 32.6 Å². The molecule has 0 aromatic heterocycles. The van der Waals surface area contributed by atoms with E-state index in [4.69, 9.17) is 27.9 Å². The summed E-state index contributed by atoms with van der Waals surface area (Å²) in [7, 11) is -4.26. The second-order valence-corrected chi connectivity index (χ2v) is 12.8. The summed E-state index contributed by atoms with van der Waals surface area (Å²) in [4.78, 5) is 29.5. The van der Waals surface area contributed by atoms with Gasteiger partial charge in [-0.1, -0.05) is 89.9 Å². The Hall–Kier alpha value is -4.05. The molecule has 0 aliphatic carbocycles. The summed E-state index contributed by atoms with van der Waals surface area (Å²) in [5.74, 6) is -0.699. The number of carbonyl (C=O) groups excluding carboxylic acids is 2. The van der Waals surface area contributed by atoms with Crippen molar-refractivity contribution in [2.75, 3.05) is 24.0 Å². The Morgan fingerprint density at radius 1 is 0.867 bits per heavy atom. The van der Waals surface area contributed by atoms with Gasteiger partial charge in [-0.2, -0.15) is 0 Å². The van der Waals surface area contributed by atoms with E-state index < -0.39 is 28.5 Å². The van der Waals surface area contributed by atoms with E-state index in [1.165, 1.54) is 17.0 Å². The Kier molecular flexibility index (Phi) is 11.9. The molecule has 236 valence electrons. The Morgan fingerprint density at radius 2 is 1.51 bits per heavy atom. The van der Waals surface area contributed by atoms with Crippen LogP contribution in [0.2, 0.25) is 10.0 Å². The number of para-hydroxylation sites is 2. The topological polar surface area (TPSA) is 96.0 Å². The Labute approximate surface area is 274 Å². The molecule has 0 bridgehead atoms. The highest BCUT2D eigenvalue weighted by molar-refractivity contribution is 7.92. The molecule has 11 heteroatoms. The minimum Gasteiger partial charge on any atom is -0.492 e. The van der Waals surface area contributed by atoms with Crippen molar-refractivity contribution in [2.45, 2.75) is 37.8 Å². The van der Waals surface area contributed by atoms with Crippen LogP contribution in [0.4, 0.5) is 5.69 Å². The number of nitrogens with one attached hydrogen (secondary N) is 1. The van der Waals surface area contributed by atoms with Gasteiger partial charge in [0.1, 0.15) is 18.3 Å². The van der Waals surface area contributed by atoms with E-state index in [0.29, 0.717) is 27.9 Å². The molecule has 2 amide bonds. The number of hydrogen-bond donors (Lipinski definition) is 1. The second-order valence-electron chi connectivity index (χ2n) is 10.1. The molecule has 4 aromatic rings. The third kappa shape index (κ3) is 8.57. The lowest BCUT2D eigenvalue weighted by Gasteiger charge is -2.34. The van der Waals surface area contributed by atoms with Gasteiger partial charge in [0, 0.05) is 29.6 Å². The SMILES string of the molecule is CCNC(=O)C(Cc1ccccc1)N(Cc1ccc(Cl)cc1Cl)C(=O)CN(c1ccccc1OCC)S(=O)(=O)c1ccccc1. The first-order valence-corrected chi connectivity index (χ1v) is 16.7. The molecule has 1 unspecified atom stereocenters. The van der Waals surface area contributed by atoms with Gasteiger partial charge >= 0.3 is 0 Å². The monoisotopic (exact) mass is 667 g/mol. The number of hydrogen-bond acceptors (Lipinski definition) is 5. The average molecular weight is 669 g/mol. The van der Waals surface area contributed by atoms with Crippen LogP contribution in [0.3, 0.4) is 0 Å². The summed E-state index contributed by atoms with van der Waals surface area (Å²) in [5.41, 5.74) is 1.56. The lowest BCUT2D eigenvalue weighted by atomic mass is 10.0. The highest BCUT2D eigenvalue weighted by Gasteiger charge is 2.35. The highest BCUT2D eigenvalue weighted by Crippen LogP contribution is 2.33. The lowest BCUT2D eigenvalue weighted by molar-refractivity contribution is -0.140. The number of halogens is 2. The molecule has 0 radical (unpaired) electrons. The van der Waals surface area contributed by atoms with Gasteiger partial charge in [0.05, 0.1) is 17.2 Å². The molecule has 0 aliphatic rings. The van der Waals surface area contributed by atoms with Crippen LogP contribution in [-0.4, -0.2) is 50.9 Å². The van der Waals surface area contributed by atoms with Crippen molar-refractivity contribution < 1.29 is 22.7 Å². The van der Waals surface area contributed by atoms with Crippen LogP contribution < -0.4 is 14.4 Å². The van der Waals surface area contributed by atoms with Crippen molar-refractivity contribution in [1.29, 1.82) is 0 Å². The van der Waals surface area contributed by atoms with Gasteiger partial charge in [-0.05, 0) is 61.4 Å². The van der Waals surface area contributed by atoms with E-state index in [2.05, 4.69) is 5.32 Å². The van der Waals surface area contributed by atoms with E-state index in [9.17, 15) is 18.0 Å². The molecule has 0 aliphatic heterocycles. The number of nitrogens with zero attached hydrogens (tertiary/aromatic N) is 2. The van der Waals surface area contributed by atoms with Crippen LogP contribution in [0, 0.1) is 0 Å². The maximum atomic E-state index is 14.5. The molecule has 1 atom stereocenters. The largest absolute Gasteiger partial charge is 0.492 e. The van der Waals surface area contributed by atoms with Crippen molar-refractivity contribution in [3.05, 3.63) is 124 Å². The van der Waals surface area contributed by atoms with Gasteiger partial charge < -0.3 is 15.0 Å². The number of likely N-dealkylation sites (N-methyl/N-ethyl adjacent to an activating group) is 1. The van der Waals surface area contributed by atoms with Gasteiger partial charge in [-0.25, -0.2) is 8.42 Å². The van der Waals surface area contributed by atoms with Gasteiger partial charge in [0.25, 0.3) is 10.0 Å². The first-order valence-electron chi connectivity index (χ1n) is 14.5. The predicted octanol–water partition coefficient (Wildman–Crippen LogP) is 6.36. The molecule has 0 heterocycles. The molecular weight excluding hydrogens is 633 g/mol. The van der Waals surface area contributed by atoms with Crippen LogP contribution >= 0.6 is 23.2 Å². The maximum Gasteiger partial charge on any atom is 0.264 e. The van der Waals surface area contributed by atoms with Gasteiger partial charge in [0.15, 0.2) is 0 Å². The van der Waals surface area contributed by atoms with Gasteiger partial charge in [-0.3, -0.25) is 13.9 Å². The summed E-state index contributed by atoms with van der Waals surface area (Å²) < 4.78 is 35.2. The summed E-state index contributed by atoms with van der Waals surface area (Å²) in [5, 5.41) is 3.56. The molecular formula is C34H35Cl2N3O5S. The van der Waals surface area contributed by atoms with E-state index >= 15 is 0 Å². The minimum atomic E-state index is -4.26. The van der Waals surface area contributed by atoms with Crippen molar-refractivity contribution in [3.8, 4) is 5.75 Å². The van der Waals surface area contributed by atoms with E-state index in [0.717, 1.165) is 9.87 Å². The second kappa shape index (κ2) is 15.8. The molecule has 0 spiro atoms. The Balaban J connectivity index is 1.84. The van der Waals surface area contributed by atoms with E-state index in [-0.39, 0.29) is 36.1 Å². The van der Waals surface area contributed by atoms with Crippen molar-refractivity contribution in [2.24, 2.45) is 0 Å². The predicted molar refractivity (Wildman–Crippen MR) is 178 cm³/mol. The molecule has 0 saturated heterocycles. The number of rotatable bonds is 14. The molecule has 4 rings (SSSR count). The smallest absolute Gasteiger partial charge is 0.264 e. The van der Waals surface area contributed by atoms with Gasteiger partial charge in [0.2, 0.25) is 11.8 Å². The fraction of sp³-hybridized carbons (Fsp3) is 0.235. The van der Waals surface area contributed by atoms with Gasteiger partial charge in [-0.15, -0.1) is 0 Å². The van der Waals surface area contributed by atoms with E-state index in [1.807, 2.05) is 30.3 Å². The molecule has 0 saturated carbocycles. The number of ether oxygens (including phenoxy) is 1. The standard InChI is InChI=1S/C34H35Cl2N3O5S/c1-3-37-34(41)31(21-25-13-7-5-8-14-25)38(23-26-19-20-27(35)22-29(26)36)33(40)24-39(30-17-11-12-18-32(30)44-4-2)45(42,43)28-15-9-6-10-16-28/h5-20,22,31H,3-4,21,23-24H2,1-2H3,(H,37,41). The van der Waals surface area contributed by atoms with Crippen LogP contribution in [0.1, 0.15) is 25.0 Å². The third-order valence-corrected chi connectivity index (χ3v) is 9.38. The molecule has 8 nitrogen and oxygen atoms in total. The van der Waals surface area contributed by atoms with Crippen molar-refractivity contribution >= 4 is 50.7 Å². The quantitative estimate of drug-likeness (QED) is 0.169. The number of anilines is 1. The summed E-state index contributed by atoms with van der Waals surface area (Å²) in [6.07, 6.45) is 0.185. The van der Waals surface area contributed by atoms with Crippen LogP contribution in [0.5, 0.6) is 5.75 Å². The highest BCUT2D eigenvalue weighted by atomic mass is 35.5. The number of sulfonamides is 1. The Bertz CT molecular complexity index is 1710. The number of benzene rings is 4. The Morgan fingerprint density at radius 3 is 2.16 bits per heavy atom. The molecule has 1 N–H and O–H groups in total. The van der Waals surface area contributed by atoms with E-state index in [1.54, 1.807) is 74.5 Å². The van der Waals surface area contributed by atoms with Crippen molar-refractivity contribution in [1.82, 2.24) is 10.2 Å². The van der Waals surface area contributed by atoms with Crippen LogP contribution in [0.25, 0.3) is 0 Å². The first-order chi connectivity index (χ1) is 21.6. The fourth-order valence-electron chi connectivity index (χ4n) is 4.85. The average Bonchev–Trinajstić information content (AvgIpc) is 3.04. The maximum absolute atomic E-state index is 14.5. The summed E-state index contributed by atoms with van der Waals surface area (Å²) >= 11 is 12.7. The lowest BCUT2D eigenvalue weighted by Crippen LogP contribution is -2.53. The zero-order chi connectivity index (χ0) is 32.4. The normalized spacial score (nSPS) is 11.8. The zero-order valence-electron chi connectivity index (χ0n) is 25.0. The third-order valence-electron chi connectivity index (χ3n) is 7.02. The minimum absolute atomic E-state index is 0.000888.